The second-order valence-electron chi connectivity index (χ2n) is 5.30. The van der Waals surface area contributed by atoms with Crippen molar-refractivity contribution in [2.45, 2.75) is 43.7 Å². The van der Waals surface area contributed by atoms with Crippen LogP contribution in [0.5, 0.6) is 0 Å². The van der Waals surface area contributed by atoms with Gasteiger partial charge in [-0.25, -0.2) is 0 Å². The predicted octanol–water partition coefficient (Wildman–Crippen LogP) is 2.88. The van der Waals surface area contributed by atoms with Gasteiger partial charge in [0.15, 0.2) is 0 Å². The van der Waals surface area contributed by atoms with Crippen LogP contribution in [0, 0.1) is 12.8 Å². The number of amides is 1. The Kier molecular flexibility index (Phi) is 6.86. The Bertz CT molecular complexity index is 467. The zero-order valence-electron chi connectivity index (χ0n) is 12.0. The molecule has 3 nitrogen and oxygen atoms in total. The number of aryl methyl sites for hydroxylation is 1. The number of benzene rings is 1. The molecule has 1 fully saturated rings. The van der Waals surface area contributed by atoms with Crippen LogP contribution in [0.25, 0.3) is 0 Å². The molecule has 1 saturated carbocycles. The second-order valence-corrected chi connectivity index (χ2v) is 6.15. The summed E-state index contributed by atoms with van der Waals surface area (Å²) in [6, 6.07) is 6.56. The Hall–Kier alpha value is -0.710. The van der Waals surface area contributed by atoms with Gasteiger partial charge in [0.05, 0.1) is 0 Å². The molecule has 1 amide bonds. The van der Waals surface area contributed by atoms with Crippen LogP contribution < -0.4 is 11.1 Å². The van der Waals surface area contributed by atoms with E-state index in [1.165, 1.54) is 16.0 Å². The maximum Gasteiger partial charge on any atom is 0.223 e. The first kappa shape index (κ1) is 17.3. The highest BCUT2D eigenvalue weighted by Gasteiger charge is 2.27. The molecule has 2 atom stereocenters. The molecule has 1 aliphatic carbocycles. The van der Waals surface area contributed by atoms with Gasteiger partial charge in [-0.05, 0) is 49.6 Å². The molecule has 1 aromatic rings. The van der Waals surface area contributed by atoms with E-state index in [2.05, 4.69) is 36.7 Å². The van der Waals surface area contributed by atoms with Crippen molar-refractivity contribution in [1.29, 1.82) is 0 Å². The van der Waals surface area contributed by atoms with Crippen molar-refractivity contribution in [3.05, 3.63) is 29.3 Å². The van der Waals surface area contributed by atoms with Gasteiger partial charge in [-0.15, -0.1) is 24.2 Å². The van der Waals surface area contributed by atoms with Gasteiger partial charge in [-0.2, -0.15) is 0 Å². The lowest BCUT2D eigenvalue weighted by molar-refractivity contribution is -0.125. The van der Waals surface area contributed by atoms with E-state index in [9.17, 15) is 4.79 Å². The number of thioether (sulfide) groups is 1. The highest BCUT2D eigenvalue weighted by molar-refractivity contribution is 7.98. The lowest BCUT2D eigenvalue weighted by Crippen LogP contribution is -2.30. The number of hydrogen-bond donors (Lipinski definition) is 2. The molecule has 5 heteroatoms. The molecule has 0 aliphatic heterocycles. The topological polar surface area (TPSA) is 55.1 Å². The summed E-state index contributed by atoms with van der Waals surface area (Å²) in [6.07, 6.45) is 4.79. The minimum atomic E-state index is 0. The fraction of sp³-hybridized carbons (Fsp3) is 0.533. The van der Waals surface area contributed by atoms with Crippen LogP contribution in [0.4, 0.5) is 0 Å². The van der Waals surface area contributed by atoms with Crippen molar-refractivity contribution in [1.82, 2.24) is 5.32 Å². The van der Waals surface area contributed by atoms with Crippen LogP contribution in [0.2, 0.25) is 0 Å². The minimum absolute atomic E-state index is 0. The zero-order valence-corrected chi connectivity index (χ0v) is 13.7. The van der Waals surface area contributed by atoms with Crippen LogP contribution in [0.1, 0.15) is 30.4 Å². The van der Waals surface area contributed by atoms with Gasteiger partial charge < -0.3 is 11.1 Å². The number of carbonyl (C=O) groups is 1. The lowest BCUT2D eigenvalue weighted by Gasteiger charge is -2.13. The highest BCUT2D eigenvalue weighted by Crippen LogP contribution is 2.25. The van der Waals surface area contributed by atoms with E-state index >= 15 is 0 Å². The summed E-state index contributed by atoms with van der Waals surface area (Å²) in [5.41, 5.74) is 8.29. The van der Waals surface area contributed by atoms with Crippen LogP contribution in [0.15, 0.2) is 23.1 Å². The predicted molar refractivity (Wildman–Crippen MR) is 87.4 cm³/mol. The third-order valence-corrected chi connectivity index (χ3v) is 4.56. The van der Waals surface area contributed by atoms with Crippen LogP contribution in [-0.4, -0.2) is 18.2 Å². The third kappa shape index (κ3) is 4.40. The van der Waals surface area contributed by atoms with Crippen LogP contribution >= 0.6 is 24.2 Å². The normalized spacial score (nSPS) is 21.4. The molecule has 0 heterocycles. The van der Waals surface area contributed by atoms with Gasteiger partial charge in [0.25, 0.3) is 0 Å². The first-order valence-electron chi connectivity index (χ1n) is 6.77. The number of nitrogens with one attached hydrogen (secondary N) is 1. The fourth-order valence-electron chi connectivity index (χ4n) is 2.58. The van der Waals surface area contributed by atoms with Crippen molar-refractivity contribution in [2.24, 2.45) is 11.7 Å². The van der Waals surface area contributed by atoms with Crippen molar-refractivity contribution >= 4 is 30.1 Å². The van der Waals surface area contributed by atoms with Crippen molar-refractivity contribution < 1.29 is 4.79 Å². The summed E-state index contributed by atoms with van der Waals surface area (Å²) in [7, 11) is 0. The molecule has 1 aliphatic rings. The standard InChI is InChI=1S/C15H22N2OS.ClH/c1-10-3-4-12(14(7-10)19-2)9-17-15(18)11-5-6-13(16)8-11;/h3-4,7,11,13H,5-6,8-9,16H2,1-2H3,(H,17,18);1H. The SMILES string of the molecule is CSc1cc(C)ccc1CNC(=O)C1CCC(N)C1.Cl. The molecule has 0 saturated heterocycles. The van der Waals surface area contributed by atoms with Crippen molar-refractivity contribution in [3.8, 4) is 0 Å². The van der Waals surface area contributed by atoms with Gasteiger partial charge in [-0.3, -0.25) is 4.79 Å². The van der Waals surface area contributed by atoms with Gasteiger partial charge in [0.1, 0.15) is 0 Å². The maximum absolute atomic E-state index is 12.1. The van der Waals surface area contributed by atoms with E-state index in [1.807, 2.05) is 0 Å². The van der Waals surface area contributed by atoms with E-state index < -0.39 is 0 Å². The van der Waals surface area contributed by atoms with Gasteiger partial charge in [0.2, 0.25) is 5.91 Å². The number of nitrogens with two attached hydrogens (primary N) is 1. The Morgan fingerprint density at radius 3 is 2.80 bits per heavy atom. The van der Waals surface area contributed by atoms with E-state index in [-0.39, 0.29) is 30.3 Å². The quantitative estimate of drug-likeness (QED) is 0.840. The fourth-order valence-corrected chi connectivity index (χ4v) is 3.29. The monoisotopic (exact) mass is 314 g/mol. The average molecular weight is 315 g/mol. The van der Waals surface area contributed by atoms with E-state index in [0.29, 0.717) is 6.54 Å². The van der Waals surface area contributed by atoms with E-state index in [1.54, 1.807) is 11.8 Å². The molecule has 20 heavy (non-hydrogen) atoms. The smallest absolute Gasteiger partial charge is 0.223 e. The molecule has 1 aromatic carbocycles. The van der Waals surface area contributed by atoms with E-state index in [4.69, 9.17) is 5.73 Å². The summed E-state index contributed by atoms with van der Waals surface area (Å²) < 4.78 is 0. The lowest BCUT2D eigenvalue weighted by atomic mass is 10.1. The molecule has 0 radical (unpaired) electrons. The van der Waals surface area contributed by atoms with Crippen molar-refractivity contribution in [2.75, 3.05) is 6.26 Å². The number of halogens is 1. The average Bonchev–Trinajstić information content (AvgIpc) is 2.83. The van der Waals surface area contributed by atoms with Crippen molar-refractivity contribution in [3.63, 3.8) is 0 Å². The van der Waals surface area contributed by atoms with Crippen LogP contribution in [0.3, 0.4) is 0 Å². The summed E-state index contributed by atoms with van der Waals surface area (Å²) in [5.74, 6) is 0.263. The molecule has 0 aromatic heterocycles. The summed E-state index contributed by atoms with van der Waals surface area (Å²) in [5, 5.41) is 3.05. The summed E-state index contributed by atoms with van der Waals surface area (Å²) in [4.78, 5) is 13.3. The van der Waals surface area contributed by atoms with E-state index in [0.717, 1.165) is 19.3 Å². The first-order valence-corrected chi connectivity index (χ1v) is 7.99. The summed E-state index contributed by atoms with van der Waals surface area (Å²) in [6.45, 7) is 2.70. The molecule has 0 bridgehead atoms. The summed E-state index contributed by atoms with van der Waals surface area (Å²) >= 11 is 1.72. The Labute approximate surface area is 131 Å². The molecule has 2 unspecified atom stereocenters. The first-order chi connectivity index (χ1) is 9.10. The molecule has 0 spiro atoms. The maximum atomic E-state index is 12.1. The molecule has 3 N–H and O–H groups in total. The molecule has 112 valence electrons. The Balaban J connectivity index is 0.00000200. The van der Waals surface area contributed by atoms with Gasteiger partial charge in [-0.1, -0.05) is 12.1 Å². The second kappa shape index (κ2) is 7.91. The number of carbonyl (C=O) groups excluding carboxylic acids is 1. The number of hydrogen-bond acceptors (Lipinski definition) is 3. The third-order valence-electron chi connectivity index (χ3n) is 3.74. The highest BCUT2D eigenvalue weighted by atomic mass is 35.5. The largest absolute Gasteiger partial charge is 0.352 e. The molecular formula is C15H23ClN2OS. The molecular weight excluding hydrogens is 292 g/mol. The zero-order chi connectivity index (χ0) is 13.8. The van der Waals surface area contributed by atoms with Crippen LogP contribution in [-0.2, 0) is 11.3 Å². The minimum Gasteiger partial charge on any atom is -0.352 e. The molecule has 2 rings (SSSR count). The van der Waals surface area contributed by atoms with Gasteiger partial charge >= 0.3 is 0 Å². The Morgan fingerprint density at radius 2 is 2.20 bits per heavy atom. The Morgan fingerprint density at radius 1 is 1.45 bits per heavy atom. The van der Waals surface area contributed by atoms with Gasteiger partial charge in [0, 0.05) is 23.4 Å². The number of rotatable bonds is 4.